The summed E-state index contributed by atoms with van der Waals surface area (Å²) in [7, 11) is 0. The standard InChI is InChI=1S/C23H17FN4OS/c1-14(22(29)25-16-12-10-15(24)11-13-16)30-23-27-18-7-3-2-6-17(18)21-26-19-8-4-5-9-20(19)28(21)23/h2-14H,1H3,(H,25,29)/t14-/m1/s1. The van der Waals surface area contributed by atoms with Crippen molar-refractivity contribution in [1.82, 2.24) is 14.4 Å². The highest BCUT2D eigenvalue weighted by Gasteiger charge is 2.20. The summed E-state index contributed by atoms with van der Waals surface area (Å²) in [6, 6.07) is 21.5. The number of fused-ring (bicyclic) bond motifs is 5. The molecule has 7 heteroatoms. The Bertz CT molecular complexity index is 1400. The zero-order chi connectivity index (χ0) is 20.7. The lowest BCUT2D eigenvalue weighted by Gasteiger charge is -2.14. The van der Waals surface area contributed by atoms with E-state index in [-0.39, 0.29) is 11.7 Å². The zero-order valence-corrected chi connectivity index (χ0v) is 16.9. The van der Waals surface area contributed by atoms with Gasteiger partial charge in [0.1, 0.15) is 11.5 Å². The Morgan fingerprint density at radius 1 is 0.967 bits per heavy atom. The fourth-order valence-electron chi connectivity index (χ4n) is 3.38. The van der Waals surface area contributed by atoms with E-state index in [0.717, 1.165) is 27.6 Å². The van der Waals surface area contributed by atoms with Crippen LogP contribution in [0.1, 0.15) is 6.92 Å². The van der Waals surface area contributed by atoms with Gasteiger partial charge in [0, 0.05) is 11.1 Å². The van der Waals surface area contributed by atoms with E-state index in [1.807, 2.05) is 59.9 Å². The Hall–Kier alpha value is -3.45. The van der Waals surface area contributed by atoms with E-state index >= 15 is 0 Å². The second-order valence-electron chi connectivity index (χ2n) is 6.93. The second kappa shape index (κ2) is 7.42. The monoisotopic (exact) mass is 416 g/mol. The number of para-hydroxylation sites is 3. The molecule has 2 aromatic heterocycles. The van der Waals surface area contributed by atoms with Crippen LogP contribution in [0.5, 0.6) is 0 Å². The molecule has 3 aromatic carbocycles. The van der Waals surface area contributed by atoms with Crippen molar-refractivity contribution in [3.8, 4) is 0 Å². The first-order valence-electron chi connectivity index (χ1n) is 9.49. The minimum atomic E-state index is -0.423. The quantitative estimate of drug-likeness (QED) is 0.319. The minimum absolute atomic E-state index is 0.181. The summed E-state index contributed by atoms with van der Waals surface area (Å²) >= 11 is 1.36. The number of aromatic nitrogens is 3. The van der Waals surface area contributed by atoms with Crippen LogP contribution < -0.4 is 5.32 Å². The van der Waals surface area contributed by atoms with Gasteiger partial charge in [-0.25, -0.2) is 14.4 Å². The minimum Gasteiger partial charge on any atom is -0.325 e. The molecular weight excluding hydrogens is 399 g/mol. The highest BCUT2D eigenvalue weighted by atomic mass is 32.2. The maximum atomic E-state index is 13.1. The lowest BCUT2D eigenvalue weighted by molar-refractivity contribution is -0.115. The fourth-order valence-corrected chi connectivity index (χ4v) is 4.30. The molecule has 0 bridgehead atoms. The topological polar surface area (TPSA) is 59.3 Å². The summed E-state index contributed by atoms with van der Waals surface area (Å²) < 4.78 is 15.1. The van der Waals surface area contributed by atoms with E-state index in [2.05, 4.69) is 5.32 Å². The van der Waals surface area contributed by atoms with Gasteiger partial charge < -0.3 is 5.32 Å². The van der Waals surface area contributed by atoms with Gasteiger partial charge >= 0.3 is 0 Å². The molecule has 0 unspecified atom stereocenters. The Labute approximate surface area is 176 Å². The molecule has 0 aliphatic rings. The van der Waals surface area contributed by atoms with Crippen LogP contribution >= 0.6 is 11.8 Å². The second-order valence-corrected chi connectivity index (χ2v) is 8.24. The molecule has 0 saturated heterocycles. The molecular formula is C23H17FN4OS. The van der Waals surface area contributed by atoms with Crippen molar-refractivity contribution >= 4 is 50.9 Å². The Morgan fingerprint density at radius 3 is 2.47 bits per heavy atom. The Morgan fingerprint density at radius 2 is 1.67 bits per heavy atom. The number of thioether (sulfide) groups is 1. The first-order valence-corrected chi connectivity index (χ1v) is 10.4. The van der Waals surface area contributed by atoms with E-state index in [1.54, 1.807) is 12.1 Å². The number of nitrogens with one attached hydrogen (secondary N) is 1. The number of carbonyl (C=O) groups is 1. The average Bonchev–Trinajstić information content (AvgIpc) is 3.15. The van der Waals surface area contributed by atoms with E-state index < -0.39 is 5.25 Å². The molecule has 1 amide bonds. The molecule has 1 N–H and O–H groups in total. The molecule has 2 heterocycles. The van der Waals surface area contributed by atoms with Crippen LogP contribution in [0.4, 0.5) is 10.1 Å². The molecule has 0 aliphatic carbocycles. The van der Waals surface area contributed by atoms with Gasteiger partial charge in [-0.15, -0.1) is 0 Å². The summed E-state index contributed by atoms with van der Waals surface area (Å²) in [5, 5.41) is 4.06. The molecule has 0 radical (unpaired) electrons. The van der Waals surface area contributed by atoms with Crippen LogP contribution in [0.15, 0.2) is 78.0 Å². The van der Waals surface area contributed by atoms with E-state index in [0.29, 0.717) is 10.8 Å². The van der Waals surface area contributed by atoms with E-state index in [9.17, 15) is 9.18 Å². The molecule has 5 nitrogen and oxygen atoms in total. The molecule has 1 atom stereocenters. The van der Waals surface area contributed by atoms with Gasteiger partial charge in [0.15, 0.2) is 5.16 Å². The summed E-state index contributed by atoms with van der Waals surface area (Å²) in [5.74, 6) is -0.524. The van der Waals surface area contributed by atoms with Gasteiger partial charge in [-0.3, -0.25) is 9.20 Å². The van der Waals surface area contributed by atoms with Crippen LogP contribution in [0, 0.1) is 5.82 Å². The summed E-state index contributed by atoms with van der Waals surface area (Å²) in [6.07, 6.45) is 0. The normalized spacial score (nSPS) is 12.5. The van der Waals surface area contributed by atoms with Crippen molar-refractivity contribution in [2.75, 3.05) is 5.32 Å². The van der Waals surface area contributed by atoms with Gasteiger partial charge in [0.25, 0.3) is 0 Å². The molecule has 5 aromatic rings. The number of carbonyl (C=O) groups excluding carboxylic acids is 1. The van der Waals surface area contributed by atoms with Gasteiger partial charge in [-0.1, -0.05) is 36.0 Å². The summed E-state index contributed by atoms with van der Waals surface area (Å²) in [4.78, 5) is 22.4. The fraction of sp³-hybridized carbons (Fsp3) is 0.0870. The number of anilines is 1. The molecule has 0 saturated carbocycles. The number of hydrogen-bond acceptors (Lipinski definition) is 4. The van der Waals surface area contributed by atoms with Gasteiger partial charge in [-0.05, 0) is 55.5 Å². The molecule has 5 rings (SSSR count). The van der Waals surface area contributed by atoms with E-state index in [1.165, 1.54) is 23.9 Å². The third-order valence-corrected chi connectivity index (χ3v) is 5.93. The first kappa shape index (κ1) is 18.6. The van der Waals surface area contributed by atoms with Gasteiger partial charge in [0.2, 0.25) is 5.91 Å². The lowest BCUT2D eigenvalue weighted by Crippen LogP contribution is -2.22. The number of amides is 1. The summed E-state index contributed by atoms with van der Waals surface area (Å²) in [5.41, 5.74) is 4.02. The van der Waals surface area contributed by atoms with Crippen molar-refractivity contribution in [2.24, 2.45) is 0 Å². The van der Waals surface area contributed by atoms with Crippen molar-refractivity contribution in [3.63, 3.8) is 0 Å². The van der Waals surface area contributed by atoms with Crippen molar-refractivity contribution in [1.29, 1.82) is 0 Å². The lowest BCUT2D eigenvalue weighted by atomic mass is 10.2. The smallest absolute Gasteiger partial charge is 0.237 e. The predicted octanol–water partition coefficient (Wildman–Crippen LogP) is 5.29. The number of halogens is 1. The van der Waals surface area contributed by atoms with Crippen LogP contribution in [0.3, 0.4) is 0 Å². The highest BCUT2D eigenvalue weighted by Crippen LogP contribution is 2.31. The molecule has 30 heavy (non-hydrogen) atoms. The number of nitrogens with zero attached hydrogens (tertiary/aromatic N) is 3. The van der Waals surface area contributed by atoms with Crippen molar-refractivity contribution in [2.45, 2.75) is 17.3 Å². The Balaban J connectivity index is 1.55. The van der Waals surface area contributed by atoms with E-state index in [4.69, 9.17) is 9.97 Å². The van der Waals surface area contributed by atoms with Gasteiger partial charge in [-0.2, -0.15) is 0 Å². The molecule has 0 fully saturated rings. The van der Waals surface area contributed by atoms with Crippen molar-refractivity contribution in [3.05, 3.63) is 78.6 Å². The van der Waals surface area contributed by atoms with Crippen LogP contribution in [-0.2, 0) is 4.79 Å². The summed E-state index contributed by atoms with van der Waals surface area (Å²) in [6.45, 7) is 1.82. The maximum Gasteiger partial charge on any atom is 0.237 e. The predicted molar refractivity (Wildman–Crippen MR) is 118 cm³/mol. The number of hydrogen-bond donors (Lipinski definition) is 1. The SMILES string of the molecule is C[C@@H](Sc1nc2ccccc2c2nc3ccccc3n12)C(=O)Nc1ccc(F)cc1. The first-order chi connectivity index (χ1) is 14.6. The number of imidazole rings is 1. The molecule has 0 spiro atoms. The van der Waals surface area contributed by atoms with Gasteiger partial charge in [0.05, 0.1) is 21.8 Å². The number of rotatable bonds is 4. The Kier molecular flexibility index (Phi) is 4.59. The van der Waals surface area contributed by atoms with Crippen LogP contribution in [-0.4, -0.2) is 25.5 Å². The zero-order valence-electron chi connectivity index (χ0n) is 16.0. The molecule has 148 valence electrons. The third-order valence-electron chi connectivity index (χ3n) is 4.88. The average molecular weight is 416 g/mol. The third kappa shape index (κ3) is 3.27. The van der Waals surface area contributed by atoms with Crippen LogP contribution in [0.25, 0.3) is 27.6 Å². The maximum absolute atomic E-state index is 13.1. The van der Waals surface area contributed by atoms with Crippen LogP contribution in [0.2, 0.25) is 0 Å². The highest BCUT2D eigenvalue weighted by molar-refractivity contribution is 8.00. The molecule has 0 aliphatic heterocycles. The number of benzene rings is 3. The largest absolute Gasteiger partial charge is 0.325 e. The van der Waals surface area contributed by atoms with Crippen molar-refractivity contribution < 1.29 is 9.18 Å².